The Labute approximate surface area is 89.1 Å². The summed E-state index contributed by atoms with van der Waals surface area (Å²) in [6.45, 7) is 0. The minimum absolute atomic E-state index is 0. The van der Waals surface area contributed by atoms with E-state index >= 15 is 0 Å². The van der Waals surface area contributed by atoms with Crippen LogP contribution in [0.25, 0.3) is 0 Å². The van der Waals surface area contributed by atoms with E-state index in [0.29, 0.717) is 0 Å². The molecule has 34 valence electrons. The second kappa shape index (κ2) is 10.6. The van der Waals surface area contributed by atoms with Gasteiger partial charge >= 0.3 is 23.1 Å². The van der Waals surface area contributed by atoms with Crippen molar-refractivity contribution in [3.05, 3.63) is 2.65 Å². The minimum Gasteiger partial charge on any atom is -1.00 e. The Kier molecular flexibility index (Phi) is 28.1. The number of rotatable bonds is 0. The second-order valence-corrected chi connectivity index (χ2v) is 5.79. The Bertz CT molecular complexity index is 12.3. The van der Waals surface area contributed by atoms with Crippen LogP contribution in [0.2, 0.25) is 0 Å². The first-order chi connectivity index (χ1) is 1.73. The van der Waals surface area contributed by atoms with Crippen LogP contribution in [0.5, 0.6) is 0 Å². The molecule has 0 aromatic rings. The predicted molar refractivity (Wildman–Crippen MR) is 35.8 cm³/mol. The first kappa shape index (κ1) is 15.9. The van der Waals surface area contributed by atoms with Gasteiger partial charge in [0.2, 0.25) is 0 Å². The fourth-order valence-electron chi connectivity index (χ4n) is 0. The second-order valence-electron chi connectivity index (χ2n) is 0.214. The van der Waals surface area contributed by atoms with Gasteiger partial charge in [0.05, 0.1) is 0 Å². The van der Waals surface area contributed by atoms with Crippen molar-refractivity contribution in [3.63, 3.8) is 0 Å². The Balaban J connectivity index is -0.0000000450. The number of halogens is 4. The molecule has 5 heteroatoms. The molecule has 0 aliphatic rings. The molecule has 0 aliphatic heterocycles. The van der Waals surface area contributed by atoms with E-state index in [2.05, 4.69) is 47.8 Å². The fraction of sp³-hybridized carbons (Fsp3) is 0. The standard InChI is InChI=1S/CBr3.BrH.Mg/c2-1(3)4;;/h;1H;/q-1;;+2/p-1. The van der Waals surface area contributed by atoms with Crippen LogP contribution in [0.3, 0.4) is 0 Å². The van der Waals surface area contributed by atoms with E-state index in [0.717, 1.165) is 2.65 Å². The molecular weight excluding hydrogens is 356 g/mol. The van der Waals surface area contributed by atoms with Gasteiger partial charge < -0.3 is 17.0 Å². The summed E-state index contributed by atoms with van der Waals surface area (Å²) >= 11 is 9.06. The molecule has 0 atom stereocenters. The van der Waals surface area contributed by atoms with Gasteiger partial charge in [-0.2, -0.15) is 0 Å². The summed E-state index contributed by atoms with van der Waals surface area (Å²) in [7, 11) is 0. The largest absolute Gasteiger partial charge is 2.00 e. The molecule has 0 spiro atoms. The summed E-state index contributed by atoms with van der Waals surface area (Å²) in [6.07, 6.45) is 0. The first-order valence-electron chi connectivity index (χ1n) is 0.567. The molecule has 0 N–H and O–H groups in total. The van der Waals surface area contributed by atoms with E-state index < -0.39 is 0 Å². The van der Waals surface area contributed by atoms with Gasteiger partial charge in [-0.25, -0.2) is 0 Å². The maximum Gasteiger partial charge on any atom is 2.00 e. The SMILES string of the molecule is Br[C-](Br)Br.[Br-].[Mg+2]. The summed E-state index contributed by atoms with van der Waals surface area (Å²) in [5.74, 6) is 0. The van der Waals surface area contributed by atoms with Crippen molar-refractivity contribution in [3.8, 4) is 0 Å². The topological polar surface area (TPSA) is 0 Å². The third-order valence-corrected chi connectivity index (χ3v) is 0. The molecule has 6 heavy (non-hydrogen) atoms. The third-order valence-electron chi connectivity index (χ3n) is 0. The predicted octanol–water partition coefficient (Wildman–Crippen LogP) is -0.759. The van der Waals surface area contributed by atoms with E-state index in [4.69, 9.17) is 0 Å². The zero-order valence-corrected chi connectivity index (χ0v) is 10.5. The van der Waals surface area contributed by atoms with Crippen molar-refractivity contribution >= 4 is 70.8 Å². The summed E-state index contributed by atoms with van der Waals surface area (Å²) in [5, 5.41) is 0. The van der Waals surface area contributed by atoms with E-state index in [1.807, 2.05) is 0 Å². The molecule has 0 heterocycles. The zero-order chi connectivity index (χ0) is 3.58. The summed E-state index contributed by atoms with van der Waals surface area (Å²) in [4.78, 5) is 0. The Hall–Kier alpha value is 2.69. The molecule has 0 bridgehead atoms. The van der Waals surface area contributed by atoms with Crippen LogP contribution in [-0.4, -0.2) is 23.1 Å². The van der Waals surface area contributed by atoms with Crippen molar-refractivity contribution in [1.29, 1.82) is 0 Å². The van der Waals surface area contributed by atoms with Crippen LogP contribution in [0.1, 0.15) is 0 Å². The quantitative estimate of drug-likeness (QED) is 0.396. The Morgan fingerprint density at radius 2 is 1.00 bits per heavy atom. The number of hydrogen-bond acceptors (Lipinski definition) is 0. The number of hydrogen-bond donors (Lipinski definition) is 0. The molecule has 0 aliphatic carbocycles. The molecular formula is CBr4Mg. The van der Waals surface area contributed by atoms with Crippen molar-refractivity contribution in [1.82, 2.24) is 0 Å². The van der Waals surface area contributed by atoms with Crippen LogP contribution >= 0.6 is 47.8 Å². The van der Waals surface area contributed by atoms with Gasteiger partial charge in [-0.3, -0.25) is 47.8 Å². The summed E-state index contributed by atoms with van der Waals surface area (Å²) in [5.41, 5.74) is 0. The van der Waals surface area contributed by atoms with E-state index in [-0.39, 0.29) is 40.0 Å². The van der Waals surface area contributed by atoms with Crippen molar-refractivity contribution < 1.29 is 17.0 Å². The first-order valence-corrected chi connectivity index (χ1v) is 2.95. The van der Waals surface area contributed by atoms with E-state index in [1.165, 1.54) is 0 Å². The van der Waals surface area contributed by atoms with Crippen molar-refractivity contribution in [2.24, 2.45) is 0 Å². The fourth-order valence-corrected chi connectivity index (χ4v) is 0. The molecule has 0 rings (SSSR count). The molecule has 0 fully saturated rings. The van der Waals surface area contributed by atoms with E-state index in [1.54, 1.807) is 0 Å². The maximum absolute atomic E-state index is 3.02. The molecule has 0 saturated heterocycles. The monoisotopic (exact) mass is 352 g/mol. The van der Waals surface area contributed by atoms with Crippen molar-refractivity contribution in [2.45, 2.75) is 0 Å². The Morgan fingerprint density at radius 1 is 1.00 bits per heavy atom. The summed E-state index contributed by atoms with van der Waals surface area (Å²) < 4.78 is 0.854. The van der Waals surface area contributed by atoms with Crippen LogP contribution in [0.4, 0.5) is 0 Å². The van der Waals surface area contributed by atoms with Crippen LogP contribution in [0, 0.1) is 2.65 Å². The average molecular weight is 356 g/mol. The third kappa shape index (κ3) is 30.0. The molecule has 0 aromatic carbocycles. The molecule has 0 aromatic heterocycles. The van der Waals surface area contributed by atoms with Gasteiger partial charge in [0.1, 0.15) is 0 Å². The average Bonchev–Trinajstić information content (AvgIpc) is 0.811. The molecule has 0 nitrogen and oxygen atoms in total. The van der Waals surface area contributed by atoms with Gasteiger partial charge in [-0.05, 0) is 0 Å². The zero-order valence-electron chi connectivity index (χ0n) is 2.72. The maximum atomic E-state index is 3.02. The van der Waals surface area contributed by atoms with Crippen molar-refractivity contribution in [2.75, 3.05) is 0 Å². The molecule has 0 saturated carbocycles. The van der Waals surface area contributed by atoms with E-state index in [9.17, 15) is 0 Å². The normalized spacial score (nSPS) is 6.00. The van der Waals surface area contributed by atoms with Crippen LogP contribution in [-0.2, 0) is 0 Å². The minimum atomic E-state index is 0. The van der Waals surface area contributed by atoms with Gasteiger partial charge in [0, 0.05) is 0 Å². The van der Waals surface area contributed by atoms with Gasteiger partial charge in [0.25, 0.3) is 0 Å². The van der Waals surface area contributed by atoms with Crippen LogP contribution in [0.15, 0.2) is 0 Å². The summed E-state index contributed by atoms with van der Waals surface area (Å²) in [6, 6.07) is 0. The van der Waals surface area contributed by atoms with Gasteiger partial charge in [-0.15, -0.1) is 2.65 Å². The smallest absolute Gasteiger partial charge is 1.00 e. The Morgan fingerprint density at radius 3 is 1.00 bits per heavy atom. The molecule has 0 unspecified atom stereocenters. The van der Waals surface area contributed by atoms with Crippen LogP contribution < -0.4 is 17.0 Å². The van der Waals surface area contributed by atoms with Gasteiger partial charge in [-0.1, -0.05) is 0 Å². The molecule has 0 amide bonds. The molecule has 0 radical (unpaired) electrons. The van der Waals surface area contributed by atoms with Gasteiger partial charge in [0.15, 0.2) is 0 Å².